The van der Waals surface area contributed by atoms with Gasteiger partial charge in [0.15, 0.2) is 0 Å². The highest BCUT2D eigenvalue weighted by atomic mass is 16.5. The number of nitrogens with zero attached hydrogens (tertiary/aromatic N) is 4. The number of ether oxygens (including phenoxy) is 2. The zero-order chi connectivity index (χ0) is 24.3. The zero-order valence-corrected chi connectivity index (χ0v) is 20.1. The van der Waals surface area contributed by atoms with Crippen LogP contribution in [-0.4, -0.2) is 40.9 Å². The Labute approximate surface area is 209 Å². The molecule has 0 amide bonds. The molecule has 0 atom stereocenters. The zero-order valence-electron chi connectivity index (χ0n) is 20.1. The largest absolute Gasteiger partial charge is 0.481 e. The number of anilines is 2. The molecule has 1 aromatic heterocycles. The number of hydrogen-bond donors (Lipinski definition) is 1. The van der Waals surface area contributed by atoms with Crippen molar-refractivity contribution in [2.45, 2.75) is 18.9 Å². The number of aromatic nitrogens is 3. The summed E-state index contributed by atoms with van der Waals surface area (Å²) in [5.74, 6) is 0.572. The third-order valence-corrected chi connectivity index (χ3v) is 6.45. The molecule has 1 aliphatic carbocycles. The molecule has 36 heavy (non-hydrogen) atoms. The van der Waals surface area contributed by atoms with Crippen molar-refractivity contribution in [1.29, 1.82) is 0 Å². The van der Waals surface area contributed by atoms with Crippen molar-refractivity contribution in [3.63, 3.8) is 0 Å². The van der Waals surface area contributed by atoms with Crippen LogP contribution in [0.3, 0.4) is 0 Å². The van der Waals surface area contributed by atoms with Gasteiger partial charge < -0.3 is 19.4 Å². The molecule has 3 heterocycles. The van der Waals surface area contributed by atoms with Crippen LogP contribution in [0.2, 0.25) is 0 Å². The Morgan fingerprint density at radius 2 is 1.78 bits per heavy atom. The van der Waals surface area contributed by atoms with Crippen LogP contribution in [0.5, 0.6) is 5.88 Å². The molecule has 0 radical (unpaired) electrons. The number of benzene rings is 3. The standard InChI is InChI=1S/C29H27N5O2/c1-35-29-12-11-21(19-30-29)32-24-17-26-28(18-25(24)31-20-13-15-36-16-14-20)34(22-7-3-2-4-8-22)27-10-6-5-9-23(27)33-26/h2-12,17-20,32H,13-16H2,1H3. The normalized spacial score (nSPS) is 14.9. The fraction of sp³-hybridized carbons (Fsp3) is 0.207. The molecule has 1 saturated heterocycles. The highest BCUT2D eigenvalue weighted by Crippen LogP contribution is 2.30. The number of pyridine rings is 1. The fourth-order valence-electron chi connectivity index (χ4n) is 4.65. The summed E-state index contributed by atoms with van der Waals surface area (Å²) >= 11 is 0. The van der Waals surface area contributed by atoms with Crippen molar-refractivity contribution in [1.82, 2.24) is 14.5 Å². The van der Waals surface area contributed by atoms with Gasteiger partial charge in [0.2, 0.25) is 5.88 Å². The molecule has 1 fully saturated rings. The van der Waals surface area contributed by atoms with Crippen LogP contribution < -0.4 is 15.4 Å². The average Bonchev–Trinajstić information content (AvgIpc) is 2.93. The smallest absolute Gasteiger partial charge is 0.213 e. The highest BCUT2D eigenvalue weighted by Gasteiger charge is 2.18. The van der Waals surface area contributed by atoms with Crippen LogP contribution in [0.4, 0.5) is 11.4 Å². The van der Waals surface area contributed by atoms with E-state index in [-0.39, 0.29) is 6.04 Å². The first kappa shape index (κ1) is 22.2. The van der Waals surface area contributed by atoms with Crippen molar-refractivity contribution < 1.29 is 9.47 Å². The van der Waals surface area contributed by atoms with Gasteiger partial charge in [0.25, 0.3) is 0 Å². The molecule has 2 aliphatic heterocycles. The minimum absolute atomic E-state index is 0.212. The Kier molecular flexibility index (Phi) is 6.05. The molecule has 0 spiro atoms. The molecule has 3 aromatic rings. The Bertz CT molecular complexity index is 1520. The molecule has 7 heteroatoms. The van der Waals surface area contributed by atoms with E-state index in [1.807, 2.05) is 24.3 Å². The van der Waals surface area contributed by atoms with Crippen molar-refractivity contribution in [2.75, 3.05) is 25.6 Å². The van der Waals surface area contributed by atoms with Crippen molar-refractivity contribution in [3.05, 3.63) is 90.4 Å². The molecule has 7 nitrogen and oxygen atoms in total. The molecule has 3 aliphatic rings. The Hall–Kier alpha value is -4.23. The Balaban J connectivity index is 1.58. The maximum absolute atomic E-state index is 5.57. The molecular formula is C29H27N5O2. The molecule has 1 N–H and O–H groups in total. The summed E-state index contributed by atoms with van der Waals surface area (Å²) in [6.45, 7) is 1.48. The summed E-state index contributed by atoms with van der Waals surface area (Å²) in [6.07, 6.45) is 3.59. The van der Waals surface area contributed by atoms with Gasteiger partial charge in [0.05, 0.1) is 58.5 Å². The van der Waals surface area contributed by atoms with E-state index in [1.165, 1.54) is 0 Å². The number of fused-ring (bicyclic) bond motifs is 2. The number of rotatable bonds is 5. The molecule has 6 rings (SSSR count). The second-order valence-corrected chi connectivity index (χ2v) is 8.82. The number of nitrogens with one attached hydrogen (secondary N) is 1. The van der Waals surface area contributed by atoms with Crippen LogP contribution in [-0.2, 0) is 4.74 Å². The number of methoxy groups -OCH3 is 1. The average molecular weight is 478 g/mol. The van der Waals surface area contributed by atoms with Crippen LogP contribution in [0.15, 0.2) is 90.1 Å². The second kappa shape index (κ2) is 9.79. The lowest BCUT2D eigenvalue weighted by atomic mass is 10.1. The van der Waals surface area contributed by atoms with E-state index in [1.54, 1.807) is 13.3 Å². The molecule has 0 bridgehead atoms. The predicted molar refractivity (Wildman–Crippen MR) is 141 cm³/mol. The predicted octanol–water partition coefficient (Wildman–Crippen LogP) is 5.36. The van der Waals surface area contributed by atoms with Crippen LogP contribution in [0.25, 0.3) is 28.1 Å². The minimum Gasteiger partial charge on any atom is -0.481 e. The van der Waals surface area contributed by atoms with Gasteiger partial charge in [0.1, 0.15) is 0 Å². The molecule has 0 unspecified atom stereocenters. The van der Waals surface area contributed by atoms with Gasteiger partial charge in [-0.2, -0.15) is 0 Å². The summed E-state index contributed by atoms with van der Waals surface area (Å²) in [7, 11) is 1.61. The molecule has 0 saturated carbocycles. The van der Waals surface area contributed by atoms with Crippen molar-refractivity contribution in [2.24, 2.45) is 4.99 Å². The van der Waals surface area contributed by atoms with Gasteiger partial charge >= 0.3 is 0 Å². The van der Waals surface area contributed by atoms with E-state index in [9.17, 15) is 0 Å². The summed E-state index contributed by atoms with van der Waals surface area (Å²) < 4.78 is 13.0. The van der Waals surface area contributed by atoms with Crippen molar-refractivity contribution in [3.8, 4) is 23.0 Å². The maximum atomic E-state index is 5.57. The minimum atomic E-state index is 0.212. The molecule has 180 valence electrons. The summed E-state index contributed by atoms with van der Waals surface area (Å²) in [5, 5.41) is 4.42. The topological polar surface area (TPSA) is 73.6 Å². The van der Waals surface area contributed by atoms with Gasteiger partial charge in [-0.3, -0.25) is 4.99 Å². The Morgan fingerprint density at radius 1 is 0.972 bits per heavy atom. The first-order valence-corrected chi connectivity index (χ1v) is 12.2. The summed E-state index contributed by atoms with van der Waals surface area (Å²) in [4.78, 5) is 14.6. The van der Waals surface area contributed by atoms with E-state index in [0.29, 0.717) is 5.88 Å². The lowest BCUT2D eigenvalue weighted by Crippen LogP contribution is -2.23. The Morgan fingerprint density at radius 3 is 2.56 bits per heavy atom. The summed E-state index contributed by atoms with van der Waals surface area (Å²) in [6, 6.07) is 26.9. The number of para-hydroxylation sites is 3. The van der Waals surface area contributed by atoms with E-state index in [0.717, 1.165) is 70.9 Å². The van der Waals surface area contributed by atoms with Crippen molar-refractivity contribution >= 4 is 22.4 Å². The van der Waals surface area contributed by atoms with Gasteiger partial charge in [-0.15, -0.1) is 0 Å². The molecular weight excluding hydrogens is 450 g/mol. The van der Waals surface area contributed by atoms with Crippen LogP contribution in [0.1, 0.15) is 12.8 Å². The van der Waals surface area contributed by atoms with Gasteiger partial charge in [-0.05, 0) is 55.3 Å². The van der Waals surface area contributed by atoms with Crippen LogP contribution >= 0.6 is 0 Å². The van der Waals surface area contributed by atoms with E-state index >= 15 is 0 Å². The second-order valence-electron chi connectivity index (χ2n) is 8.82. The maximum Gasteiger partial charge on any atom is 0.213 e. The van der Waals surface area contributed by atoms with E-state index in [4.69, 9.17) is 19.5 Å². The van der Waals surface area contributed by atoms with Gasteiger partial charge in [-0.1, -0.05) is 30.3 Å². The number of hydrogen-bond acceptors (Lipinski definition) is 6. The quantitative estimate of drug-likeness (QED) is 0.345. The SMILES string of the molecule is COc1ccc(Nc2cc3nc4ccccc4n(-c4ccccc4)c-3cc2=NC2CCOCC2)cn1. The van der Waals surface area contributed by atoms with E-state index in [2.05, 4.69) is 69.5 Å². The first-order chi connectivity index (χ1) is 17.8. The van der Waals surface area contributed by atoms with Crippen LogP contribution in [0, 0.1) is 0 Å². The fourth-order valence-corrected chi connectivity index (χ4v) is 4.65. The lowest BCUT2D eigenvalue weighted by Gasteiger charge is -2.22. The van der Waals surface area contributed by atoms with E-state index < -0.39 is 0 Å². The third-order valence-electron chi connectivity index (χ3n) is 6.45. The van der Waals surface area contributed by atoms with Gasteiger partial charge in [0, 0.05) is 25.0 Å². The monoisotopic (exact) mass is 477 g/mol. The first-order valence-electron chi connectivity index (χ1n) is 12.2. The third kappa shape index (κ3) is 4.41. The highest BCUT2D eigenvalue weighted by molar-refractivity contribution is 5.84. The molecule has 2 aromatic carbocycles. The lowest BCUT2D eigenvalue weighted by molar-refractivity contribution is 0.0864. The van der Waals surface area contributed by atoms with Gasteiger partial charge in [-0.25, -0.2) is 9.97 Å². The summed E-state index contributed by atoms with van der Waals surface area (Å²) in [5.41, 5.74) is 6.70.